The Labute approximate surface area is 198 Å². The molecule has 0 spiro atoms. The van der Waals surface area contributed by atoms with E-state index < -0.39 is 5.92 Å². The van der Waals surface area contributed by atoms with Gasteiger partial charge >= 0.3 is 0 Å². The van der Waals surface area contributed by atoms with Crippen LogP contribution in [0.5, 0.6) is 11.5 Å². The molecule has 2 aliphatic heterocycles. The predicted octanol–water partition coefficient (Wildman–Crippen LogP) is 5.62. The molecule has 1 aromatic heterocycles. The second-order valence-corrected chi connectivity index (χ2v) is 8.65. The Balaban J connectivity index is 1.26. The van der Waals surface area contributed by atoms with E-state index >= 15 is 0 Å². The molecule has 3 heterocycles. The lowest BCUT2D eigenvalue weighted by atomic mass is 9.87. The fourth-order valence-electron chi connectivity index (χ4n) is 4.76. The number of hydrogen-bond donors (Lipinski definition) is 1. The number of aromatic nitrogens is 2. The first kappa shape index (κ1) is 20.4. The Morgan fingerprint density at radius 1 is 0.824 bits per heavy atom. The summed E-state index contributed by atoms with van der Waals surface area (Å²) in [5, 5.41) is 12.0. The first-order valence-electron chi connectivity index (χ1n) is 11.6. The van der Waals surface area contributed by atoms with E-state index in [2.05, 4.69) is 20.4 Å². The minimum Gasteiger partial charge on any atom is -0.457 e. The number of anilines is 2. The van der Waals surface area contributed by atoms with Gasteiger partial charge in [-0.05, 0) is 49.2 Å². The molecule has 6 nitrogen and oxygen atoms in total. The molecule has 0 radical (unpaired) electrons. The first-order valence-corrected chi connectivity index (χ1v) is 11.6. The Hall–Kier alpha value is -4.19. The van der Waals surface area contributed by atoms with E-state index in [9.17, 15) is 4.79 Å². The lowest BCUT2D eigenvalue weighted by Crippen LogP contribution is -2.25. The molecule has 0 atom stereocenters. The van der Waals surface area contributed by atoms with E-state index in [4.69, 9.17) is 4.74 Å². The largest absolute Gasteiger partial charge is 0.457 e. The molecule has 1 N–H and O–H groups in total. The maximum Gasteiger partial charge on any atom is 0.236 e. The monoisotopic (exact) mass is 448 g/mol. The van der Waals surface area contributed by atoms with Gasteiger partial charge in [0.25, 0.3) is 0 Å². The van der Waals surface area contributed by atoms with Crippen LogP contribution < -0.4 is 15.0 Å². The molecule has 0 aliphatic carbocycles. The molecule has 2 aliphatic rings. The number of rotatable bonds is 4. The van der Waals surface area contributed by atoms with Crippen LogP contribution in [0.3, 0.4) is 0 Å². The highest BCUT2D eigenvalue weighted by atomic mass is 16.5. The summed E-state index contributed by atoms with van der Waals surface area (Å²) in [7, 11) is 0. The minimum atomic E-state index is -0.454. The molecule has 3 aromatic carbocycles. The third-order valence-electron chi connectivity index (χ3n) is 6.45. The van der Waals surface area contributed by atoms with Gasteiger partial charge in [0.05, 0.1) is 11.6 Å². The summed E-state index contributed by atoms with van der Waals surface area (Å²) in [6.45, 7) is 2.07. The van der Waals surface area contributed by atoms with Crippen LogP contribution >= 0.6 is 0 Å². The maximum atomic E-state index is 13.5. The molecule has 168 valence electrons. The Bertz CT molecular complexity index is 1300. The number of carbonyl (C=O) groups is 1. The summed E-state index contributed by atoms with van der Waals surface area (Å²) in [5.74, 6) is 1.79. The Morgan fingerprint density at radius 2 is 1.53 bits per heavy atom. The van der Waals surface area contributed by atoms with Crippen LogP contribution in [-0.2, 0) is 4.79 Å². The van der Waals surface area contributed by atoms with Gasteiger partial charge in [-0.25, -0.2) is 0 Å². The van der Waals surface area contributed by atoms with Crippen molar-refractivity contribution in [1.29, 1.82) is 0 Å². The molecule has 0 unspecified atom stereocenters. The zero-order valence-electron chi connectivity index (χ0n) is 18.6. The molecule has 6 heteroatoms. The normalized spacial score (nSPS) is 14.8. The lowest BCUT2D eigenvalue weighted by molar-refractivity contribution is -0.116. The van der Waals surface area contributed by atoms with Crippen LogP contribution in [0.2, 0.25) is 0 Å². The van der Waals surface area contributed by atoms with Gasteiger partial charge in [-0.3, -0.25) is 4.79 Å². The smallest absolute Gasteiger partial charge is 0.236 e. The summed E-state index contributed by atoms with van der Waals surface area (Å²) in [6, 6.07) is 27.1. The molecule has 0 bridgehead atoms. The summed E-state index contributed by atoms with van der Waals surface area (Å²) in [4.78, 5) is 15.8. The second kappa shape index (κ2) is 8.63. The number of fused-ring (bicyclic) bond motifs is 2. The molecule has 1 fully saturated rings. The van der Waals surface area contributed by atoms with Gasteiger partial charge < -0.3 is 15.0 Å². The molecule has 1 amide bonds. The van der Waals surface area contributed by atoms with Crippen LogP contribution in [0, 0.1) is 0 Å². The average molecular weight is 449 g/mol. The summed E-state index contributed by atoms with van der Waals surface area (Å²) >= 11 is 0. The average Bonchev–Trinajstić information content (AvgIpc) is 3.42. The quantitative estimate of drug-likeness (QED) is 0.439. The predicted molar refractivity (Wildman–Crippen MR) is 132 cm³/mol. The number of nitrogens with one attached hydrogen (secondary N) is 1. The van der Waals surface area contributed by atoms with Crippen molar-refractivity contribution in [3.63, 3.8) is 0 Å². The first-order chi connectivity index (χ1) is 16.8. The van der Waals surface area contributed by atoms with Crippen molar-refractivity contribution in [2.45, 2.75) is 18.8 Å². The van der Waals surface area contributed by atoms with Gasteiger partial charge in [-0.1, -0.05) is 48.5 Å². The van der Waals surface area contributed by atoms with Gasteiger partial charge in [0.15, 0.2) is 5.82 Å². The van der Waals surface area contributed by atoms with E-state index in [-0.39, 0.29) is 5.91 Å². The van der Waals surface area contributed by atoms with Gasteiger partial charge in [0.1, 0.15) is 11.5 Å². The van der Waals surface area contributed by atoms with Crippen molar-refractivity contribution in [3.05, 3.63) is 96.1 Å². The molecule has 0 saturated carbocycles. The van der Waals surface area contributed by atoms with E-state index in [1.54, 1.807) is 0 Å². The van der Waals surface area contributed by atoms with Crippen LogP contribution in [0.25, 0.3) is 11.3 Å². The molecular weight excluding hydrogens is 424 g/mol. The van der Waals surface area contributed by atoms with E-state index in [1.165, 1.54) is 12.8 Å². The SMILES string of the molecule is O=C(Nc1cccc(-c2ccc(N3CCCC3)nn2)c1)C1c2ccccc2Oc2ccccc21. The highest BCUT2D eigenvalue weighted by Gasteiger charge is 2.32. The van der Waals surface area contributed by atoms with Gasteiger partial charge in [-0.2, -0.15) is 0 Å². The van der Waals surface area contributed by atoms with E-state index in [1.807, 2.05) is 84.9 Å². The number of benzene rings is 3. The maximum absolute atomic E-state index is 13.5. The van der Waals surface area contributed by atoms with Crippen LogP contribution in [0.4, 0.5) is 11.5 Å². The van der Waals surface area contributed by atoms with Crippen LogP contribution in [0.1, 0.15) is 29.9 Å². The van der Waals surface area contributed by atoms with Crippen molar-refractivity contribution in [2.75, 3.05) is 23.3 Å². The van der Waals surface area contributed by atoms with Gasteiger partial charge in [0, 0.05) is 35.5 Å². The fraction of sp³-hybridized carbons (Fsp3) is 0.179. The lowest BCUT2D eigenvalue weighted by Gasteiger charge is -2.27. The summed E-state index contributed by atoms with van der Waals surface area (Å²) in [5.41, 5.74) is 4.12. The van der Waals surface area contributed by atoms with Crippen LogP contribution in [-0.4, -0.2) is 29.2 Å². The van der Waals surface area contributed by atoms with E-state index in [0.29, 0.717) is 11.5 Å². The zero-order valence-corrected chi connectivity index (χ0v) is 18.6. The van der Waals surface area contributed by atoms with Crippen molar-refractivity contribution >= 4 is 17.4 Å². The number of amides is 1. The second-order valence-electron chi connectivity index (χ2n) is 8.65. The Morgan fingerprint density at radius 3 is 2.21 bits per heavy atom. The summed E-state index contributed by atoms with van der Waals surface area (Å²) < 4.78 is 6.03. The minimum absolute atomic E-state index is 0.101. The number of nitrogens with zero attached hydrogens (tertiary/aromatic N) is 3. The van der Waals surface area contributed by atoms with Crippen molar-refractivity contribution < 1.29 is 9.53 Å². The van der Waals surface area contributed by atoms with Gasteiger partial charge in [-0.15, -0.1) is 10.2 Å². The standard InChI is InChI=1S/C28H24N4O2/c33-28(27-21-10-1-3-12-24(21)34-25-13-4-2-11-22(25)27)29-20-9-7-8-19(18-20)23-14-15-26(31-30-23)32-16-5-6-17-32/h1-4,7-15,18,27H,5-6,16-17H2,(H,29,33). The zero-order chi connectivity index (χ0) is 22.9. The number of carbonyl (C=O) groups excluding carboxylic acids is 1. The molecule has 4 aromatic rings. The Kier molecular flexibility index (Phi) is 5.18. The molecule has 34 heavy (non-hydrogen) atoms. The summed E-state index contributed by atoms with van der Waals surface area (Å²) in [6.07, 6.45) is 2.40. The number of para-hydroxylation sites is 2. The fourth-order valence-corrected chi connectivity index (χ4v) is 4.76. The highest BCUT2D eigenvalue weighted by molar-refractivity contribution is 6.00. The van der Waals surface area contributed by atoms with Crippen molar-refractivity contribution in [2.24, 2.45) is 0 Å². The van der Waals surface area contributed by atoms with Crippen molar-refractivity contribution in [1.82, 2.24) is 10.2 Å². The van der Waals surface area contributed by atoms with Gasteiger partial charge in [0.2, 0.25) is 5.91 Å². The third kappa shape index (κ3) is 3.77. The number of ether oxygens (including phenoxy) is 1. The highest BCUT2D eigenvalue weighted by Crippen LogP contribution is 2.44. The molecular formula is C28H24N4O2. The van der Waals surface area contributed by atoms with Crippen molar-refractivity contribution in [3.8, 4) is 22.8 Å². The number of hydrogen-bond acceptors (Lipinski definition) is 5. The molecule has 6 rings (SSSR count). The van der Waals surface area contributed by atoms with Crippen LogP contribution in [0.15, 0.2) is 84.9 Å². The topological polar surface area (TPSA) is 67.4 Å². The molecule has 1 saturated heterocycles. The third-order valence-corrected chi connectivity index (χ3v) is 6.45. The van der Waals surface area contributed by atoms with E-state index in [0.717, 1.165) is 47.0 Å².